The van der Waals surface area contributed by atoms with E-state index in [1.165, 1.54) is 5.56 Å². The Morgan fingerprint density at radius 1 is 1.37 bits per heavy atom. The smallest absolute Gasteiger partial charge is 0.251 e. The Morgan fingerprint density at radius 2 is 2.00 bits per heavy atom. The maximum absolute atomic E-state index is 12.1. The predicted octanol–water partition coefficient (Wildman–Crippen LogP) is 2.48. The van der Waals surface area contributed by atoms with Gasteiger partial charge in [0, 0.05) is 16.9 Å². The van der Waals surface area contributed by atoms with Gasteiger partial charge in [0.1, 0.15) is 0 Å². The van der Waals surface area contributed by atoms with Crippen LogP contribution in [0.5, 0.6) is 0 Å². The van der Waals surface area contributed by atoms with Crippen LogP contribution in [0.3, 0.4) is 0 Å². The van der Waals surface area contributed by atoms with Crippen LogP contribution in [0.25, 0.3) is 0 Å². The molecule has 1 aromatic carbocycles. The number of thioether (sulfide) groups is 1. The van der Waals surface area contributed by atoms with E-state index in [0.29, 0.717) is 5.56 Å². The topological polar surface area (TPSA) is 49.3 Å². The molecule has 1 amide bonds. The molecule has 0 aliphatic carbocycles. The van der Waals surface area contributed by atoms with Gasteiger partial charge in [0.25, 0.3) is 5.91 Å². The molecular formula is C15H23NO2S. The summed E-state index contributed by atoms with van der Waals surface area (Å²) in [4.78, 5) is 12.1. The van der Waals surface area contributed by atoms with Gasteiger partial charge in [-0.15, -0.1) is 0 Å². The molecule has 0 radical (unpaired) electrons. The van der Waals surface area contributed by atoms with Crippen molar-refractivity contribution in [3.63, 3.8) is 0 Å². The lowest BCUT2D eigenvalue weighted by Gasteiger charge is -2.21. The number of carbonyl (C=O) groups excluding carboxylic acids is 1. The van der Waals surface area contributed by atoms with Crippen LogP contribution in [-0.4, -0.2) is 35.2 Å². The number of amides is 1. The van der Waals surface area contributed by atoms with Gasteiger partial charge in [-0.3, -0.25) is 4.79 Å². The Hall–Kier alpha value is -1.00. The van der Waals surface area contributed by atoms with Crippen LogP contribution in [0, 0.1) is 0 Å². The van der Waals surface area contributed by atoms with Crippen LogP contribution in [0.15, 0.2) is 24.3 Å². The van der Waals surface area contributed by atoms with Crippen molar-refractivity contribution in [2.24, 2.45) is 0 Å². The quantitative estimate of drug-likeness (QED) is 0.807. The van der Waals surface area contributed by atoms with E-state index in [2.05, 4.69) is 12.2 Å². The van der Waals surface area contributed by atoms with E-state index in [1.807, 2.05) is 37.4 Å². The summed E-state index contributed by atoms with van der Waals surface area (Å²) in [5, 5.41) is 12.2. The van der Waals surface area contributed by atoms with E-state index < -0.39 is 0 Å². The molecule has 1 aromatic rings. The molecule has 1 rings (SSSR count). The maximum Gasteiger partial charge on any atom is 0.251 e. The van der Waals surface area contributed by atoms with E-state index in [9.17, 15) is 9.90 Å². The van der Waals surface area contributed by atoms with Crippen molar-refractivity contribution in [2.45, 2.75) is 38.0 Å². The van der Waals surface area contributed by atoms with Gasteiger partial charge in [-0.05, 0) is 37.3 Å². The zero-order chi connectivity index (χ0) is 14.3. The normalized spacial score (nSPS) is 13.9. The monoisotopic (exact) mass is 281 g/mol. The van der Waals surface area contributed by atoms with Crippen LogP contribution in [0.4, 0.5) is 0 Å². The first-order chi connectivity index (χ1) is 9.12. The molecule has 0 saturated carbocycles. The van der Waals surface area contributed by atoms with E-state index in [1.54, 1.807) is 11.8 Å². The SMILES string of the molecule is CCCc1ccc(C(=O)NC(C)C(CO)SC)cc1. The molecule has 0 aliphatic heterocycles. The Kier molecular flexibility index (Phi) is 6.95. The lowest BCUT2D eigenvalue weighted by molar-refractivity contribution is 0.0936. The van der Waals surface area contributed by atoms with E-state index in [0.717, 1.165) is 12.8 Å². The van der Waals surface area contributed by atoms with Crippen molar-refractivity contribution in [3.8, 4) is 0 Å². The zero-order valence-corrected chi connectivity index (χ0v) is 12.7. The van der Waals surface area contributed by atoms with Gasteiger partial charge in [-0.2, -0.15) is 11.8 Å². The van der Waals surface area contributed by atoms with Crippen molar-refractivity contribution in [3.05, 3.63) is 35.4 Å². The first-order valence-electron chi connectivity index (χ1n) is 6.65. The first kappa shape index (κ1) is 16.1. The van der Waals surface area contributed by atoms with Gasteiger partial charge in [-0.1, -0.05) is 25.5 Å². The maximum atomic E-state index is 12.1. The number of nitrogens with one attached hydrogen (secondary N) is 1. The molecule has 0 aliphatic rings. The van der Waals surface area contributed by atoms with Crippen LogP contribution in [0.1, 0.15) is 36.2 Å². The van der Waals surface area contributed by atoms with Crippen molar-refractivity contribution >= 4 is 17.7 Å². The Morgan fingerprint density at radius 3 is 2.47 bits per heavy atom. The summed E-state index contributed by atoms with van der Waals surface area (Å²) in [5.74, 6) is -0.0805. The molecule has 0 saturated heterocycles. The van der Waals surface area contributed by atoms with Crippen molar-refractivity contribution < 1.29 is 9.90 Å². The molecule has 4 heteroatoms. The van der Waals surface area contributed by atoms with Crippen LogP contribution in [0.2, 0.25) is 0 Å². The van der Waals surface area contributed by atoms with Crippen LogP contribution in [-0.2, 0) is 6.42 Å². The first-order valence-corrected chi connectivity index (χ1v) is 7.94. The fourth-order valence-corrected chi connectivity index (χ4v) is 2.56. The standard InChI is InChI=1S/C15H23NO2S/c1-4-5-12-6-8-13(9-7-12)15(18)16-11(2)14(10-17)19-3/h6-9,11,14,17H,4-5,10H2,1-3H3,(H,16,18). The fraction of sp³-hybridized carbons (Fsp3) is 0.533. The molecule has 19 heavy (non-hydrogen) atoms. The molecule has 0 spiro atoms. The lowest BCUT2D eigenvalue weighted by Crippen LogP contribution is -2.41. The lowest BCUT2D eigenvalue weighted by atomic mass is 10.1. The number of aliphatic hydroxyl groups excluding tert-OH is 1. The summed E-state index contributed by atoms with van der Waals surface area (Å²) in [6.45, 7) is 4.12. The molecule has 2 atom stereocenters. The van der Waals surface area contributed by atoms with Crippen molar-refractivity contribution in [1.29, 1.82) is 0 Å². The predicted molar refractivity (Wildman–Crippen MR) is 81.8 cm³/mol. The summed E-state index contributed by atoms with van der Waals surface area (Å²) in [6.07, 6.45) is 4.08. The number of benzene rings is 1. The highest BCUT2D eigenvalue weighted by Gasteiger charge is 2.17. The van der Waals surface area contributed by atoms with Gasteiger partial charge < -0.3 is 10.4 Å². The Labute approximate surface area is 119 Å². The largest absolute Gasteiger partial charge is 0.395 e. The third kappa shape index (κ3) is 4.88. The summed E-state index contributed by atoms with van der Waals surface area (Å²) >= 11 is 1.56. The Bertz CT molecular complexity index is 388. The summed E-state index contributed by atoms with van der Waals surface area (Å²) in [7, 11) is 0. The number of aryl methyl sites for hydroxylation is 1. The highest BCUT2D eigenvalue weighted by molar-refractivity contribution is 7.99. The molecule has 2 N–H and O–H groups in total. The minimum absolute atomic E-state index is 0.0308. The molecule has 0 fully saturated rings. The molecule has 0 aromatic heterocycles. The van der Waals surface area contributed by atoms with Crippen molar-refractivity contribution in [2.75, 3.05) is 12.9 Å². The fourth-order valence-electron chi connectivity index (χ4n) is 1.93. The summed E-state index contributed by atoms with van der Waals surface area (Å²) in [6, 6.07) is 7.67. The number of hydrogen-bond donors (Lipinski definition) is 2. The van der Waals surface area contributed by atoms with E-state index in [4.69, 9.17) is 0 Å². The third-order valence-corrected chi connectivity index (χ3v) is 4.32. The molecule has 3 nitrogen and oxygen atoms in total. The Balaban J connectivity index is 2.62. The second kappa shape index (κ2) is 8.23. The molecule has 2 unspecified atom stereocenters. The number of hydrogen-bond acceptors (Lipinski definition) is 3. The highest BCUT2D eigenvalue weighted by Crippen LogP contribution is 2.12. The third-order valence-electron chi connectivity index (χ3n) is 3.15. The van der Waals surface area contributed by atoms with Crippen LogP contribution >= 0.6 is 11.8 Å². The second-order valence-corrected chi connectivity index (χ2v) is 5.74. The van der Waals surface area contributed by atoms with E-state index >= 15 is 0 Å². The zero-order valence-electron chi connectivity index (χ0n) is 11.8. The molecular weight excluding hydrogens is 258 g/mol. The van der Waals surface area contributed by atoms with Crippen LogP contribution < -0.4 is 5.32 Å². The molecule has 0 heterocycles. The van der Waals surface area contributed by atoms with Gasteiger partial charge in [0.05, 0.1) is 6.61 Å². The van der Waals surface area contributed by atoms with Gasteiger partial charge in [-0.25, -0.2) is 0 Å². The molecule has 0 bridgehead atoms. The van der Waals surface area contributed by atoms with Gasteiger partial charge in [0.15, 0.2) is 0 Å². The summed E-state index contributed by atoms with van der Waals surface area (Å²) < 4.78 is 0. The number of rotatable bonds is 7. The van der Waals surface area contributed by atoms with Crippen molar-refractivity contribution in [1.82, 2.24) is 5.32 Å². The average molecular weight is 281 g/mol. The summed E-state index contributed by atoms with van der Waals surface area (Å²) in [5.41, 5.74) is 1.92. The number of aliphatic hydroxyl groups is 1. The second-order valence-electron chi connectivity index (χ2n) is 4.67. The highest BCUT2D eigenvalue weighted by atomic mass is 32.2. The number of carbonyl (C=O) groups is 1. The van der Waals surface area contributed by atoms with Gasteiger partial charge >= 0.3 is 0 Å². The minimum atomic E-state index is -0.0805. The van der Waals surface area contributed by atoms with E-state index in [-0.39, 0.29) is 23.8 Å². The molecule has 106 valence electrons. The average Bonchev–Trinajstić information content (AvgIpc) is 2.41. The van der Waals surface area contributed by atoms with Gasteiger partial charge in [0.2, 0.25) is 0 Å². The minimum Gasteiger partial charge on any atom is -0.395 e.